The highest BCUT2D eigenvalue weighted by Crippen LogP contribution is 2.31. The molecular formula is C24H22N4O4S. The van der Waals surface area contributed by atoms with Gasteiger partial charge in [0.1, 0.15) is 17.1 Å². The number of aromatic hydroxyl groups is 2. The molecule has 0 fully saturated rings. The SMILES string of the molecule is O=C(CSc1nc2nn(-c3ccccc3)c(=O)c-2c2n1CCCCC2)c1ccc(O)cc1O. The highest BCUT2D eigenvalue weighted by Gasteiger charge is 2.27. The number of carbonyl (C=O) groups is 1. The van der Waals surface area contributed by atoms with E-state index in [0.29, 0.717) is 22.2 Å². The molecule has 168 valence electrons. The fourth-order valence-corrected chi connectivity index (χ4v) is 5.10. The average molecular weight is 463 g/mol. The Morgan fingerprint density at radius 3 is 2.67 bits per heavy atom. The maximum atomic E-state index is 13.3. The molecule has 0 aromatic heterocycles. The average Bonchev–Trinajstić information content (AvgIpc) is 2.97. The third-order valence-electron chi connectivity index (χ3n) is 5.78. The number of carbonyl (C=O) groups excluding carboxylic acids is 1. The number of fused-ring (bicyclic) bond motifs is 3. The highest BCUT2D eigenvalue weighted by molar-refractivity contribution is 7.99. The minimum atomic E-state index is -0.276. The van der Waals surface area contributed by atoms with Crippen molar-refractivity contribution in [3.05, 3.63) is 70.1 Å². The van der Waals surface area contributed by atoms with Gasteiger partial charge in [-0.1, -0.05) is 36.4 Å². The van der Waals surface area contributed by atoms with Gasteiger partial charge < -0.3 is 14.8 Å². The number of Topliss-reactive ketones (excluding diaryl/α,β-unsaturated/α-hetero) is 1. The molecule has 2 aromatic rings. The molecule has 33 heavy (non-hydrogen) atoms. The Balaban J connectivity index is 1.55. The zero-order chi connectivity index (χ0) is 22.9. The summed E-state index contributed by atoms with van der Waals surface area (Å²) in [5.74, 6) is -0.207. The maximum absolute atomic E-state index is 13.3. The molecule has 0 unspecified atom stereocenters. The van der Waals surface area contributed by atoms with E-state index in [1.807, 2.05) is 34.9 Å². The first-order chi connectivity index (χ1) is 16.0. The number of rotatable bonds is 5. The smallest absolute Gasteiger partial charge is 0.284 e. The van der Waals surface area contributed by atoms with Crippen molar-refractivity contribution in [3.8, 4) is 28.6 Å². The van der Waals surface area contributed by atoms with Crippen LogP contribution in [0.3, 0.4) is 0 Å². The summed E-state index contributed by atoms with van der Waals surface area (Å²) in [4.78, 5) is 30.7. The number of nitrogens with zero attached hydrogens (tertiary/aromatic N) is 4. The lowest BCUT2D eigenvalue weighted by atomic mass is 10.1. The Morgan fingerprint density at radius 1 is 1.06 bits per heavy atom. The van der Waals surface area contributed by atoms with Crippen molar-refractivity contribution in [3.63, 3.8) is 0 Å². The van der Waals surface area contributed by atoms with Crippen molar-refractivity contribution in [2.45, 2.75) is 37.4 Å². The van der Waals surface area contributed by atoms with Gasteiger partial charge in [-0.3, -0.25) is 9.59 Å². The molecule has 0 aliphatic carbocycles. The zero-order valence-electron chi connectivity index (χ0n) is 17.8. The van der Waals surface area contributed by atoms with Crippen LogP contribution in [0.15, 0.2) is 58.5 Å². The topological polar surface area (TPSA) is 110 Å². The number of benzene rings is 2. The highest BCUT2D eigenvalue weighted by atomic mass is 32.2. The van der Waals surface area contributed by atoms with E-state index < -0.39 is 0 Å². The molecule has 9 heteroatoms. The first-order valence-corrected chi connectivity index (χ1v) is 11.8. The van der Waals surface area contributed by atoms with Crippen LogP contribution in [-0.4, -0.2) is 41.1 Å². The first kappa shape index (κ1) is 21.3. The van der Waals surface area contributed by atoms with Gasteiger partial charge >= 0.3 is 0 Å². The maximum Gasteiger partial charge on any atom is 0.284 e. The number of hydrogen-bond donors (Lipinski definition) is 2. The van der Waals surface area contributed by atoms with Gasteiger partial charge in [-0.15, -0.1) is 5.10 Å². The number of phenols is 2. The van der Waals surface area contributed by atoms with E-state index in [1.54, 1.807) is 0 Å². The van der Waals surface area contributed by atoms with Gasteiger partial charge in [0, 0.05) is 18.3 Å². The molecular weight excluding hydrogens is 440 g/mol. The lowest BCUT2D eigenvalue weighted by Gasteiger charge is -2.17. The molecule has 0 radical (unpaired) electrons. The van der Waals surface area contributed by atoms with E-state index in [4.69, 9.17) is 0 Å². The Labute approximate surface area is 193 Å². The molecule has 3 aliphatic heterocycles. The van der Waals surface area contributed by atoms with Crippen LogP contribution in [0.5, 0.6) is 11.5 Å². The largest absolute Gasteiger partial charge is 0.508 e. The van der Waals surface area contributed by atoms with E-state index in [9.17, 15) is 19.8 Å². The van der Waals surface area contributed by atoms with Crippen LogP contribution in [0.2, 0.25) is 0 Å². The second kappa shape index (κ2) is 8.74. The van der Waals surface area contributed by atoms with Gasteiger partial charge in [0.15, 0.2) is 16.8 Å². The summed E-state index contributed by atoms with van der Waals surface area (Å²) in [6.07, 6.45) is 3.73. The minimum absolute atomic E-state index is 0.0555. The Hall–Kier alpha value is -3.59. The first-order valence-electron chi connectivity index (χ1n) is 10.8. The third kappa shape index (κ3) is 4.00. The molecule has 0 atom stereocenters. The zero-order valence-corrected chi connectivity index (χ0v) is 18.6. The molecule has 8 nitrogen and oxygen atoms in total. The molecule has 0 saturated heterocycles. The van der Waals surface area contributed by atoms with Crippen molar-refractivity contribution in [1.82, 2.24) is 19.3 Å². The molecule has 0 saturated carbocycles. The lowest BCUT2D eigenvalue weighted by molar-refractivity contribution is 0.102. The summed E-state index contributed by atoms with van der Waals surface area (Å²) >= 11 is 1.26. The summed E-state index contributed by atoms with van der Waals surface area (Å²) in [6, 6.07) is 13.2. The van der Waals surface area contributed by atoms with Gasteiger partial charge in [0.05, 0.1) is 17.0 Å². The molecule has 3 heterocycles. The van der Waals surface area contributed by atoms with Crippen molar-refractivity contribution < 1.29 is 15.0 Å². The van der Waals surface area contributed by atoms with Crippen molar-refractivity contribution in [1.29, 1.82) is 0 Å². The summed E-state index contributed by atoms with van der Waals surface area (Å²) in [7, 11) is 0. The lowest BCUT2D eigenvalue weighted by Crippen LogP contribution is -2.19. The monoisotopic (exact) mass is 462 g/mol. The second-order valence-corrected chi connectivity index (χ2v) is 8.91. The van der Waals surface area contributed by atoms with Gasteiger partial charge in [-0.2, -0.15) is 4.68 Å². The van der Waals surface area contributed by atoms with E-state index in [0.717, 1.165) is 44.0 Å². The Kier molecular flexibility index (Phi) is 5.63. The van der Waals surface area contributed by atoms with Crippen LogP contribution in [0.25, 0.3) is 17.1 Å². The van der Waals surface area contributed by atoms with Gasteiger partial charge in [0.25, 0.3) is 5.56 Å². The standard InChI is InChI=1S/C24H22N4O4S/c29-16-10-11-17(19(30)13-16)20(31)14-33-24-25-22-21(18-9-5-2-6-12-27(18)24)23(32)28(26-22)15-7-3-1-4-8-15/h1,3-4,7-8,10-11,13,29-30H,2,5-6,9,12,14H2. The number of aromatic nitrogens is 4. The summed E-state index contributed by atoms with van der Waals surface area (Å²) in [5.41, 5.74) is 2.09. The van der Waals surface area contributed by atoms with Gasteiger partial charge in [-0.25, -0.2) is 4.98 Å². The molecule has 0 spiro atoms. The molecule has 0 amide bonds. The van der Waals surface area contributed by atoms with Crippen LogP contribution in [-0.2, 0) is 13.0 Å². The number of thioether (sulfide) groups is 1. The predicted molar refractivity (Wildman–Crippen MR) is 125 cm³/mol. The van der Waals surface area contributed by atoms with Gasteiger partial charge in [0.2, 0.25) is 0 Å². The van der Waals surface area contributed by atoms with Gasteiger partial charge in [-0.05, 0) is 43.5 Å². The molecule has 0 bridgehead atoms. The summed E-state index contributed by atoms with van der Waals surface area (Å²) < 4.78 is 3.43. The van der Waals surface area contributed by atoms with E-state index in [-0.39, 0.29) is 34.2 Å². The number of para-hydroxylation sites is 1. The van der Waals surface area contributed by atoms with Crippen molar-refractivity contribution in [2.75, 3.05) is 5.75 Å². The summed E-state index contributed by atoms with van der Waals surface area (Å²) in [6.45, 7) is 0.717. The quantitative estimate of drug-likeness (QED) is 0.265. The van der Waals surface area contributed by atoms with Crippen LogP contribution in [0.4, 0.5) is 0 Å². The van der Waals surface area contributed by atoms with E-state index in [1.165, 1.54) is 28.6 Å². The second-order valence-electron chi connectivity index (χ2n) is 7.97. The number of hydrogen-bond acceptors (Lipinski definition) is 7. The molecule has 2 N–H and O–H groups in total. The van der Waals surface area contributed by atoms with E-state index >= 15 is 0 Å². The van der Waals surface area contributed by atoms with Crippen LogP contribution >= 0.6 is 11.8 Å². The minimum Gasteiger partial charge on any atom is -0.508 e. The van der Waals surface area contributed by atoms with Crippen molar-refractivity contribution >= 4 is 17.5 Å². The fraction of sp³-hybridized carbons (Fsp3) is 0.250. The van der Waals surface area contributed by atoms with Crippen LogP contribution < -0.4 is 5.56 Å². The Morgan fingerprint density at radius 2 is 1.88 bits per heavy atom. The molecule has 2 aromatic carbocycles. The normalized spacial score (nSPS) is 13.6. The van der Waals surface area contributed by atoms with E-state index in [2.05, 4.69) is 10.1 Å². The Bertz CT molecular complexity index is 1360. The number of phenolic OH excluding ortho intramolecular Hbond substituents is 2. The van der Waals surface area contributed by atoms with Crippen LogP contribution in [0, 0.1) is 0 Å². The third-order valence-corrected chi connectivity index (χ3v) is 6.76. The number of ketones is 1. The predicted octanol–water partition coefficient (Wildman–Crippen LogP) is 3.65. The fourth-order valence-electron chi connectivity index (χ4n) is 4.17. The molecule has 3 aliphatic rings. The molecule has 5 rings (SSSR count). The summed E-state index contributed by atoms with van der Waals surface area (Å²) in [5, 5.41) is 24.6. The van der Waals surface area contributed by atoms with Crippen LogP contribution in [0.1, 0.15) is 35.3 Å². The van der Waals surface area contributed by atoms with Crippen molar-refractivity contribution in [2.24, 2.45) is 0 Å².